The molecule has 1 aliphatic rings. The van der Waals surface area contributed by atoms with Gasteiger partial charge in [-0.05, 0) is 50.6 Å². The fourth-order valence-corrected chi connectivity index (χ4v) is 3.98. The van der Waals surface area contributed by atoms with E-state index in [1.54, 1.807) is 26.0 Å². The summed E-state index contributed by atoms with van der Waals surface area (Å²) in [6, 6.07) is 9.45. The van der Waals surface area contributed by atoms with Crippen LogP contribution >= 0.6 is 15.9 Å². The Balaban J connectivity index is 1.82. The molecule has 3 amide bonds. The van der Waals surface area contributed by atoms with Crippen LogP contribution in [-0.2, 0) is 14.3 Å². The van der Waals surface area contributed by atoms with E-state index in [1.165, 1.54) is 7.11 Å². The van der Waals surface area contributed by atoms with E-state index in [1.807, 2.05) is 31.2 Å². The Bertz CT molecular complexity index is 1130. The Labute approximate surface area is 206 Å². The summed E-state index contributed by atoms with van der Waals surface area (Å²) >= 11 is 3.49. The minimum absolute atomic E-state index is 0.193. The number of esters is 1. The number of urea groups is 1. The number of amides is 3. The Hall–Kier alpha value is -3.53. The van der Waals surface area contributed by atoms with E-state index in [9.17, 15) is 14.4 Å². The Morgan fingerprint density at radius 2 is 1.82 bits per heavy atom. The highest BCUT2D eigenvalue weighted by molar-refractivity contribution is 9.10. The molecule has 0 saturated heterocycles. The number of methoxy groups -OCH3 is 1. The zero-order chi connectivity index (χ0) is 24.8. The third-order valence-corrected chi connectivity index (χ3v) is 5.74. The summed E-state index contributed by atoms with van der Waals surface area (Å²) in [6.07, 6.45) is 0. The molecule has 0 aliphatic carbocycles. The smallest absolute Gasteiger partial charge is 0.338 e. The topological polar surface area (TPSA) is 115 Å². The van der Waals surface area contributed by atoms with Gasteiger partial charge < -0.3 is 30.2 Å². The number of carbonyl (C=O) groups is 3. The van der Waals surface area contributed by atoms with Crippen LogP contribution < -0.4 is 25.4 Å². The molecule has 0 unspecified atom stereocenters. The summed E-state index contributed by atoms with van der Waals surface area (Å²) in [5.41, 5.74) is 2.98. The Morgan fingerprint density at radius 1 is 1.12 bits per heavy atom. The van der Waals surface area contributed by atoms with Crippen molar-refractivity contribution < 1.29 is 28.6 Å². The Morgan fingerprint density at radius 3 is 2.47 bits per heavy atom. The monoisotopic (exact) mass is 531 g/mol. The standard InChI is InChI=1S/C24H26BrN3O6/c1-5-33-23(30)21-14(3)26-24(31)28-22(21)16-10-18(32-4)19(11-17(16)25)34-12-20(29)27-15-8-6-13(2)7-9-15/h6-11,22H,5,12H2,1-4H3,(H,27,29)(H2,26,28,31)/t22-/m1/s1. The van der Waals surface area contributed by atoms with Gasteiger partial charge in [0, 0.05) is 15.9 Å². The minimum Gasteiger partial charge on any atom is -0.493 e. The van der Waals surface area contributed by atoms with Crippen molar-refractivity contribution in [3.05, 3.63) is 63.3 Å². The number of allylic oxidation sites excluding steroid dienone is 1. The zero-order valence-electron chi connectivity index (χ0n) is 19.3. The van der Waals surface area contributed by atoms with E-state index in [2.05, 4.69) is 31.9 Å². The number of nitrogens with one attached hydrogen (secondary N) is 3. The molecule has 180 valence electrons. The molecule has 10 heteroatoms. The van der Waals surface area contributed by atoms with Crippen LogP contribution in [0.15, 0.2) is 52.1 Å². The number of anilines is 1. The van der Waals surface area contributed by atoms with Gasteiger partial charge in [-0.3, -0.25) is 4.79 Å². The number of rotatable bonds is 8. The highest BCUT2D eigenvalue weighted by Crippen LogP contribution is 2.39. The fourth-order valence-electron chi connectivity index (χ4n) is 3.43. The van der Waals surface area contributed by atoms with Crippen molar-refractivity contribution >= 4 is 39.5 Å². The second-order valence-electron chi connectivity index (χ2n) is 7.52. The molecule has 0 spiro atoms. The lowest BCUT2D eigenvalue weighted by Gasteiger charge is -2.29. The van der Waals surface area contributed by atoms with Gasteiger partial charge >= 0.3 is 12.0 Å². The lowest BCUT2D eigenvalue weighted by Crippen LogP contribution is -2.45. The summed E-state index contributed by atoms with van der Waals surface area (Å²) in [4.78, 5) is 37.0. The molecule has 0 bridgehead atoms. The lowest BCUT2D eigenvalue weighted by atomic mass is 9.95. The average Bonchev–Trinajstić information content (AvgIpc) is 2.78. The maximum atomic E-state index is 12.6. The van der Waals surface area contributed by atoms with Gasteiger partial charge in [0.2, 0.25) is 0 Å². The van der Waals surface area contributed by atoms with E-state index in [-0.39, 0.29) is 24.7 Å². The SMILES string of the molecule is CCOC(=O)C1=C(C)NC(=O)N[C@@H]1c1cc(OC)c(OCC(=O)Nc2ccc(C)cc2)cc1Br. The van der Waals surface area contributed by atoms with Crippen molar-refractivity contribution in [1.29, 1.82) is 0 Å². The molecule has 0 saturated carbocycles. The number of aryl methyl sites for hydroxylation is 1. The summed E-state index contributed by atoms with van der Waals surface area (Å²) in [7, 11) is 1.46. The van der Waals surface area contributed by atoms with E-state index >= 15 is 0 Å². The van der Waals surface area contributed by atoms with E-state index < -0.39 is 18.0 Å². The van der Waals surface area contributed by atoms with Gasteiger partial charge in [0.15, 0.2) is 18.1 Å². The van der Waals surface area contributed by atoms with Gasteiger partial charge in [0.05, 0.1) is 25.3 Å². The van der Waals surface area contributed by atoms with Crippen molar-refractivity contribution in [2.75, 3.05) is 25.6 Å². The molecular weight excluding hydrogens is 506 g/mol. The first kappa shape index (κ1) is 25.1. The first-order valence-electron chi connectivity index (χ1n) is 10.6. The maximum absolute atomic E-state index is 12.6. The van der Waals surface area contributed by atoms with Crippen molar-refractivity contribution in [2.45, 2.75) is 26.8 Å². The molecular formula is C24H26BrN3O6. The molecule has 1 heterocycles. The third-order valence-electron chi connectivity index (χ3n) is 5.05. The molecule has 0 fully saturated rings. The van der Waals surface area contributed by atoms with E-state index in [0.717, 1.165) is 5.56 Å². The molecule has 2 aromatic carbocycles. The quantitative estimate of drug-likeness (QED) is 0.444. The molecule has 1 aliphatic heterocycles. The second kappa shape index (κ2) is 11.1. The number of benzene rings is 2. The molecule has 3 rings (SSSR count). The van der Waals surface area contributed by atoms with Crippen molar-refractivity contribution in [2.24, 2.45) is 0 Å². The van der Waals surface area contributed by atoms with Gasteiger partial charge in [-0.1, -0.05) is 33.6 Å². The van der Waals surface area contributed by atoms with Crippen molar-refractivity contribution in [3.8, 4) is 11.5 Å². The number of carbonyl (C=O) groups excluding carboxylic acids is 3. The second-order valence-corrected chi connectivity index (χ2v) is 8.37. The first-order valence-corrected chi connectivity index (χ1v) is 11.3. The highest BCUT2D eigenvalue weighted by atomic mass is 79.9. The van der Waals surface area contributed by atoms with Gasteiger partial charge in [-0.2, -0.15) is 0 Å². The third kappa shape index (κ3) is 5.88. The van der Waals surface area contributed by atoms with E-state index in [0.29, 0.717) is 32.9 Å². The summed E-state index contributed by atoms with van der Waals surface area (Å²) < 4.78 is 16.9. The number of hydrogen-bond donors (Lipinski definition) is 3. The van der Waals surface area contributed by atoms with Crippen LogP contribution in [0.25, 0.3) is 0 Å². The molecule has 34 heavy (non-hydrogen) atoms. The van der Waals surface area contributed by atoms with Crippen LogP contribution in [0, 0.1) is 6.92 Å². The van der Waals surface area contributed by atoms with Crippen LogP contribution in [0.2, 0.25) is 0 Å². The van der Waals surface area contributed by atoms with Crippen LogP contribution in [-0.4, -0.2) is 38.2 Å². The molecule has 3 N–H and O–H groups in total. The van der Waals surface area contributed by atoms with Crippen LogP contribution in [0.3, 0.4) is 0 Å². The van der Waals surface area contributed by atoms with Gasteiger partial charge in [0.1, 0.15) is 0 Å². The minimum atomic E-state index is -0.782. The predicted octanol–water partition coefficient (Wildman–Crippen LogP) is 3.97. The van der Waals surface area contributed by atoms with Crippen LogP contribution in [0.4, 0.5) is 10.5 Å². The number of halogens is 1. The normalized spacial score (nSPS) is 15.2. The predicted molar refractivity (Wildman–Crippen MR) is 130 cm³/mol. The number of ether oxygens (including phenoxy) is 3. The largest absolute Gasteiger partial charge is 0.493 e. The molecule has 0 radical (unpaired) electrons. The van der Waals surface area contributed by atoms with Gasteiger partial charge in [-0.15, -0.1) is 0 Å². The molecule has 2 aromatic rings. The summed E-state index contributed by atoms with van der Waals surface area (Å²) in [6.45, 7) is 5.25. The van der Waals surface area contributed by atoms with Crippen molar-refractivity contribution in [3.63, 3.8) is 0 Å². The first-order chi connectivity index (χ1) is 16.2. The highest BCUT2D eigenvalue weighted by Gasteiger charge is 2.34. The zero-order valence-corrected chi connectivity index (χ0v) is 20.9. The van der Waals surface area contributed by atoms with Gasteiger partial charge in [0.25, 0.3) is 5.91 Å². The number of hydrogen-bond acceptors (Lipinski definition) is 6. The molecule has 9 nitrogen and oxygen atoms in total. The lowest BCUT2D eigenvalue weighted by molar-refractivity contribution is -0.139. The summed E-state index contributed by atoms with van der Waals surface area (Å²) in [5.74, 6) is -0.234. The van der Waals surface area contributed by atoms with Crippen molar-refractivity contribution in [1.82, 2.24) is 10.6 Å². The fraction of sp³-hybridized carbons (Fsp3) is 0.292. The molecule has 0 aromatic heterocycles. The molecule has 1 atom stereocenters. The summed E-state index contributed by atoms with van der Waals surface area (Å²) in [5, 5.41) is 8.11. The Kier molecular flexibility index (Phi) is 8.17. The average molecular weight is 532 g/mol. The maximum Gasteiger partial charge on any atom is 0.338 e. The van der Waals surface area contributed by atoms with E-state index in [4.69, 9.17) is 14.2 Å². The van der Waals surface area contributed by atoms with Crippen LogP contribution in [0.5, 0.6) is 11.5 Å². The van der Waals surface area contributed by atoms with Crippen LogP contribution in [0.1, 0.15) is 31.0 Å². The van der Waals surface area contributed by atoms with Gasteiger partial charge in [-0.25, -0.2) is 9.59 Å².